The van der Waals surface area contributed by atoms with Crippen LogP contribution < -0.4 is 0 Å². The van der Waals surface area contributed by atoms with Crippen LogP contribution in [0.15, 0.2) is 39.6 Å². The average Bonchev–Trinajstić information content (AvgIpc) is 2.72. The summed E-state index contributed by atoms with van der Waals surface area (Å²) in [5.41, 5.74) is 0.551. The zero-order valence-corrected chi connectivity index (χ0v) is 7.11. The molecule has 0 amide bonds. The predicted octanol–water partition coefficient (Wildman–Crippen LogP) is 2.41. The Morgan fingerprint density at radius 3 is 2.62 bits per heavy atom. The van der Waals surface area contributed by atoms with E-state index in [1.54, 1.807) is 25.1 Å². The first-order chi connectivity index (χ1) is 6.29. The van der Waals surface area contributed by atoms with Gasteiger partial charge in [0.1, 0.15) is 5.76 Å². The molecule has 0 bridgehead atoms. The second-order valence-corrected chi connectivity index (χ2v) is 2.70. The van der Waals surface area contributed by atoms with Gasteiger partial charge >= 0.3 is 0 Å². The second kappa shape index (κ2) is 2.94. The summed E-state index contributed by atoms with van der Waals surface area (Å²) in [6.07, 6.45) is 2.97. The van der Waals surface area contributed by atoms with Crippen molar-refractivity contribution in [1.29, 1.82) is 0 Å². The van der Waals surface area contributed by atoms with Crippen molar-refractivity contribution in [2.45, 2.75) is 6.92 Å². The van der Waals surface area contributed by atoms with Gasteiger partial charge in [-0.05, 0) is 25.1 Å². The van der Waals surface area contributed by atoms with Crippen LogP contribution in [0.4, 0.5) is 0 Å². The molecule has 66 valence electrons. The largest absolute Gasteiger partial charge is 0.469 e. The molecule has 3 nitrogen and oxygen atoms in total. The third kappa shape index (κ3) is 1.28. The van der Waals surface area contributed by atoms with Crippen molar-refractivity contribution < 1.29 is 13.6 Å². The molecule has 0 saturated carbocycles. The minimum absolute atomic E-state index is 0.142. The van der Waals surface area contributed by atoms with Gasteiger partial charge in [0.2, 0.25) is 5.78 Å². The highest BCUT2D eigenvalue weighted by Gasteiger charge is 2.15. The molecule has 0 N–H and O–H groups in total. The maximum absolute atomic E-state index is 11.6. The summed E-state index contributed by atoms with van der Waals surface area (Å²) in [6.45, 7) is 1.75. The molecule has 0 aliphatic rings. The van der Waals surface area contributed by atoms with Crippen LogP contribution in [0.1, 0.15) is 21.9 Å². The van der Waals surface area contributed by atoms with E-state index >= 15 is 0 Å². The molecule has 0 spiro atoms. The molecule has 0 atom stereocenters. The number of aryl methyl sites for hydroxylation is 1. The Morgan fingerprint density at radius 2 is 2.08 bits per heavy atom. The first-order valence-corrected chi connectivity index (χ1v) is 3.91. The van der Waals surface area contributed by atoms with Crippen LogP contribution in [0.2, 0.25) is 0 Å². The Bertz CT molecular complexity index is 409. The zero-order chi connectivity index (χ0) is 9.26. The van der Waals surface area contributed by atoms with Crippen molar-refractivity contribution in [1.82, 2.24) is 0 Å². The lowest BCUT2D eigenvalue weighted by Crippen LogP contribution is -1.99. The number of carbonyl (C=O) groups is 1. The van der Waals surface area contributed by atoms with Crippen LogP contribution in [0.3, 0.4) is 0 Å². The zero-order valence-electron chi connectivity index (χ0n) is 7.11. The van der Waals surface area contributed by atoms with Crippen molar-refractivity contribution >= 4 is 5.78 Å². The Balaban J connectivity index is 2.39. The van der Waals surface area contributed by atoms with Crippen molar-refractivity contribution in [3.05, 3.63) is 47.8 Å². The molecule has 0 aromatic carbocycles. The van der Waals surface area contributed by atoms with Gasteiger partial charge in [0.15, 0.2) is 5.76 Å². The van der Waals surface area contributed by atoms with Crippen molar-refractivity contribution in [3.63, 3.8) is 0 Å². The Hall–Kier alpha value is -1.77. The van der Waals surface area contributed by atoms with Gasteiger partial charge in [-0.3, -0.25) is 4.79 Å². The van der Waals surface area contributed by atoms with E-state index in [0.29, 0.717) is 17.1 Å². The van der Waals surface area contributed by atoms with E-state index in [2.05, 4.69) is 0 Å². The van der Waals surface area contributed by atoms with E-state index in [9.17, 15) is 4.79 Å². The molecule has 2 aromatic heterocycles. The Labute approximate surface area is 75.0 Å². The molecule has 13 heavy (non-hydrogen) atoms. The van der Waals surface area contributed by atoms with Crippen molar-refractivity contribution in [3.8, 4) is 0 Å². The van der Waals surface area contributed by atoms with E-state index in [1.807, 2.05) is 0 Å². The van der Waals surface area contributed by atoms with Gasteiger partial charge in [0, 0.05) is 0 Å². The van der Waals surface area contributed by atoms with E-state index in [4.69, 9.17) is 8.83 Å². The van der Waals surface area contributed by atoms with E-state index < -0.39 is 0 Å². The second-order valence-electron chi connectivity index (χ2n) is 2.70. The predicted molar refractivity (Wildman–Crippen MR) is 45.6 cm³/mol. The summed E-state index contributed by atoms with van der Waals surface area (Å²) in [6, 6.07) is 4.96. The Kier molecular flexibility index (Phi) is 1.77. The third-order valence-corrected chi connectivity index (χ3v) is 1.85. The van der Waals surface area contributed by atoms with Gasteiger partial charge in [-0.1, -0.05) is 0 Å². The molecule has 2 aromatic rings. The standard InChI is InChI=1S/C10H8O3/c1-7-8(4-6-12-7)10(11)9-3-2-5-13-9/h2-6H,1H3. The van der Waals surface area contributed by atoms with Crippen LogP contribution in [0.25, 0.3) is 0 Å². The lowest BCUT2D eigenvalue weighted by atomic mass is 10.1. The molecule has 2 rings (SSSR count). The summed E-state index contributed by atoms with van der Waals surface area (Å²) < 4.78 is 10.0. The number of hydrogen-bond donors (Lipinski definition) is 0. The summed E-state index contributed by atoms with van der Waals surface area (Å²) in [5.74, 6) is 0.808. The van der Waals surface area contributed by atoms with Gasteiger partial charge in [-0.25, -0.2) is 0 Å². The fraction of sp³-hybridized carbons (Fsp3) is 0.100. The fourth-order valence-electron chi connectivity index (χ4n) is 1.16. The molecule has 0 aliphatic carbocycles. The molecular formula is C10H8O3. The summed E-state index contributed by atoms with van der Waals surface area (Å²) in [5, 5.41) is 0. The molecule has 3 heteroatoms. The third-order valence-electron chi connectivity index (χ3n) is 1.85. The lowest BCUT2D eigenvalue weighted by molar-refractivity contribution is 0.101. The van der Waals surface area contributed by atoms with Crippen LogP contribution in [-0.4, -0.2) is 5.78 Å². The molecule has 0 radical (unpaired) electrons. The van der Waals surface area contributed by atoms with E-state index in [1.165, 1.54) is 12.5 Å². The molecule has 0 saturated heterocycles. The van der Waals surface area contributed by atoms with Crippen LogP contribution in [0, 0.1) is 6.92 Å². The highest BCUT2D eigenvalue weighted by molar-refractivity contribution is 6.07. The van der Waals surface area contributed by atoms with Gasteiger partial charge in [-0.15, -0.1) is 0 Å². The van der Waals surface area contributed by atoms with Gasteiger partial charge < -0.3 is 8.83 Å². The molecular weight excluding hydrogens is 168 g/mol. The normalized spacial score (nSPS) is 10.2. The van der Waals surface area contributed by atoms with E-state index in [-0.39, 0.29) is 5.78 Å². The summed E-state index contributed by atoms with van der Waals surface area (Å²) in [7, 11) is 0. The van der Waals surface area contributed by atoms with Gasteiger partial charge in [0.25, 0.3) is 0 Å². The number of rotatable bonds is 2. The van der Waals surface area contributed by atoms with Gasteiger partial charge in [0.05, 0.1) is 18.1 Å². The van der Waals surface area contributed by atoms with Crippen LogP contribution in [-0.2, 0) is 0 Å². The van der Waals surface area contributed by atoms with Crippen LogP contribution in [0.5, 0.6) is 0 Å². The van der Waals surface area contributed by atoms with E-state index in [0.717, 1.165) is 0 Å². The minimum atomic E-state index is -0.142. The number of ketones is 1. The smallest absolute Gasteiger partial charge is 0.231 e. The molecule has 2 heterocycles. The molecule has 0 unspecified atom stereocenters. The number of furan rings is 2. The van der Waals surface area contributed by atoms with Crippen LogP contribution >= 0.6 is 0 Å². The van der Waals surface area contributed by atoms with Gasteiger partial charge in [-0.2, -0.15) is 0 Å². The lowest BCUT2D eigenvalue weighted by Gasteiger charge is -1.92. The topological polar surface area (TPSA) is 43.4 Å². The quantitative estimate of drug-likeness (QED) is 0.660. The first-order valence-electron chi connectivity index (χ1n) is 3.91. The summed E-state index contributed by atoms with van der Waals surface area (Å²) >= 11 is 0. The number of hydrogen-bond acceptors (Lipinski definition) is 3. The highest BCUT2D eigenvalue weighted by atomic mass is 16.3. The monoisotopic (exact) mass is 176 g/mol. The minimum Gasteiger partial charge on any atom is -0.469 e. The summed E-state index contributed by atoms with van der Waals surface area (Å²) in [4.78, 5) is 11.6. The fourth-order valence-corrected chi connectivity index (χ4v) is 1.16. The Morgan fingerprint density at radius 1 is 1.23 bits per heavy atom. The maximum Gasteiger partial charge on any atom is 0.231 e. The number of carbonyl (C=O) groups excluding carboxylic acids is 1. The van der Waals surface area contributed by atoms with Crippen molar-refractivity contribution in [2.75, 3.05) is 0 Å². The molecule has 0 aliphatic heterocycles. The maximum atomic E-state index is 11.6. The molecule has 0 fully saturated rings. The highest BCUT2D eigenvalue weighted by Crippen LogP contribution is 2.14. The average molecular weight is 176 g/mol. The SMILES string of the molecule is Cc1occc1C(=O)c1ccco1. The first kappa shape index (κ1) is 7.86. The van der Waals surface area contributed by atoms with Crippen molar-refractivity contribution in [2.24, 2.45) is 0 Å².